The molecule has 0 bridgehead atoms. The van der Waals surface area contributed by atoms with Gasteiger partial charge in [0.2, 0.25) is 0 Å². The Morgan fingerprint density at radius 3 is 2.92 bits per heavy atom. The third-order valence-corrected chi connectivity index (χ3v) is 3.10. The molecule has 1 aliphatic heterocycles. The van der Waals surface area contributed by atoms with Crippen molar-refractivity contribution in [3.8, 4) is 0 Å². The number of hydrogen-bond acceptors (Lipinski definition) is 2. The summed E-state index contributed by atoms with van der Waals surface area (Å²) in [7, 11) is 0. The largest absolute Gasteiger partial charge is 0.346 e. The monoisotopic (exact) mass is 177 g/mol. The van der Waals surface area contributed by atoms with Crippen LogP contribution in [0.1, 0.15) is 23.6 Å². The highest BCUT2D eigenvalue weighted by atomic mass is 15.0. The fraction of sp³-hybridized carbons (Fsp3) is 0.700. The summed E-state index contributed by atoms with van der Waals surface area (Å²) < 4.78 is 0. The zero-order valence-corrected chi connectivity index (χ0v) is 7.77. The fourth-order valence-corrected chi connectivity index (χ4v) is 2.21. The van der Waals surface area contributed by atoms with Crippen LogP contribution in [0.3, 0.4) is 0 Å². The Morgan fingerprint density at radius 1 is 1.31 bits per heavy atom. The third-order valence-electron chi connectivity index (χ3n) is 3.10. The van der Waals surface area contributed by atoms with E-state index in [0.717, 1.165) is 12.3 Å². The van der Waals surface area contributed by atoms with Crippen molar-refractivity contribution >= 4 is 0 Å². The number of imidazole rings is 1. The number of aromatic nitrogens is 2. The molecule has 3 nitrogen and oxygen atoms in total. The number of fused-ring (bicyclic) bond motifs is 1. The van der Waals surface area contributed by atoms with E-state index in [-0.39, 0.29) is 0 Å². The molecule has 13 heavy (non-hydrogen) atoms. The first-order valence-electron chi connectivity index (χ1n) is 5.19. The molecule has 0 atom stereocenters. The zero-order valence-electron chi connectivity index (χ0n) is 7.77. The van der Waals surface area contributed by atoms with Crippen LogP contribution >= 0.6 is 0 Å². The van der Waals surface area contributed by atoms with Crippen LogP contribution in [-0.2, 0) is 19.3 Å². The molecule has 0 unspecified atom stereocenters. The SMILES string of the molecule is C1Cc2nc(CC3CNC3)[nH]c2C1. The molecule has 3 heteroatoms. The highest BCUT2D eigenvalue weighted by Crippen LogP contribution is 2.20. The Bertz CT molecular complexity index is 290. The smallest absolute Gasteiger partial charge is 0.106 e. The molecule has 0 spiro atoms. The molecule has 1 aliphatic carbocycles. The first-order chi connectivity index (χ1) is 6.42. The summed E-state index contributed by atoms with van der Waals surface area (Å²) in [5.74, 6) is 2.04. The Kier molecular flexibility index (Phi) is 1.65. The van der Waals surface area contributed by atoms with Crippen LogP contribution in [0.25, 0.3) is 0 Å². The van der Waals surface area contributed by atoms with E-state index in [2.05, 4.69) is 15.3 Å². The molecule has 3 rings (SSSR count). The Hall–Kier alpha value is -0.830. The van der Waals surface area contributed by atoms with E-state index in [4.69, 9.17) is 0 Å². The molecule has 1 aromatic heterocycles. The normalized spacial score (nSPS) is 21.5. The predicted octanol–water partition coefficient (Wildman–Crippen LogP) is 0.660. The van der Waals surface area contributed by atoms with E-state index in [1.807, 2.05) is 0 Å². The molecule has 0 saturated carbocycles. The molecular weight excluding hydrogens is 162 g/mol. The second kappa shape index (κ2) is 2.84. The molecule has 0 aromatic carbocycles. The first kappa shape index (κ1) is 7.56. The quantitative estimate of drug-likeness (QED) is 0.696. The lowest BCUT2D eigenvalue weighted by Gasteiger charge is -2.25. The number of rotatable bonds is 2. The summed E-state index contributed by atoms with van der Waals surface area (Å²) in [6, 6.07) is 0. The predicted molar refractivity (Wildman–Crippen MR) is 50.7 cm³/mol. The van der Waals surface area contributed by atoms with E-state index in [0.29, 0.717) is 0 Å². The van der Waals surface area contributed by atoms with Crippen molar-refractivity contribution in [2.24, 2.45) is 5.92 Å². The van der Waals surface area contributed by atoms with Crippen molar-refractivity contribution in [2.45, 2.75) is 25.7 Å². The molecule has 0 amide bonds. The lowest BCUT2D eigenvalue weighted by atomic mass is 9.99. The number of nitrogens with one attached hydrogen (secondary N) is 2. The van der Waals surface area contributed by atoms with Gasteiger partial charge in [0.25, 0.3) is 0 Å². The lowest BCUT2D eigenvalue weighted by molar-refractivity contribution is 0.341. The van der Waals surface area contributed by atoms with Gasteiger partial charge in [-0.2, -0.15) is 0 Å². The number of hydrogen-bond donors (Lipinski definition) is 2. The third kappa shape index (κ3) is 1.27. The summed E-state index contributed by atoms with van der Waals surface area (Å²) in [5.41, 5.74) is 2.74. The van der Waals surface area contributed by atoms with Crippen molar-refractivity contribution in [1.82, 2.24) is 15.3 Å². The minimum absolute atomic E-state index is 0.825. The van der Waals surface area contributed by atoms with Gasteiger partial charge in [-0.25, -0.2) is 4.98 Å². The molecular formula is C10H15N3. The molecule has 1 aromatic rings. The van der Waals surface area contributed by atoms with E-state index < -0.39 is 0 Å². The molecule has 2 aliphatic rings. The molecule has 1 saturated heterocycles. The van der Waals surface area contributed by atoms with Crippen molar-refractivity contribution in [2.75, 3.05) is 13.1 Å². The maximum Gasteiger partial charge on any atom is 0.106 e. The Labute approximate surface area is 78.0 Å². The average Bonchev–Trinajstić information content (AvgIpc) is 2.54. The van der Waals surface area contributed by atoms with Gasteiger partial charge < -0.3 is 10.3 Å². The minimum atomic E-state index is 0.825. The van der Waals surface area contributed by atoms with Crippen LogP contribution in [0.5, 0.6) is 0 Å². The molecule has 1 fully saturated rings. The van der Waals surface area contributed by atoms with Gasteiger partial charge in [-0.15, -0.1) is 0 Å². The highest BCUT2D eigenvalue weighted by Gasteiger charge is 2.21. The second-order valence-corrected chi connectivity index (χ2v) is 4.19. The van der Waals surface area contributed by atoms with Gasteiger partial charge in [-0.05, 0) is 38.3 Å². The summed E-state index contributed by atoms with van der Waals surface area (Å²) in [5, 5.41) is 3.29. The van der Waals surface area contributed by atoms with Crippen LogP contribution in [0.4, 0.5) is 0 Å². The summed E-state index contributed by atoms with van der Waals surface area (Å²) in [4.78, 5) is 8.08. The zero-order chi connectivity index (χ0) is 8.67. The molecule has 70 valence electrons. The van der Waals surface area contributed by atoms with Crippen molar-refractivity contribution in [3.05, 3.63) is 17.2 Å². The Balaban J connectivity index is 1.74. The van der Waals surface area contributed by atoms with Gasteiger partial charge in [0.05, 0.1) is 5.69 Å². The average molecular weight is 177 g/mol. The van der Waals surface area contributed by atoms with Gasteiger partial charge in [0.15, 0.2) is 0 Å². The number of aromatic amines is 1. The lowest BCUT2D eigenvalue weighted by Crippen LogP contribution is -2.43. The second-order valence-electron chi connectivity index (χ2n) is 4.19. The maximum atomic E-state index is 4.63. The van der Waals surface area contributed by atoms with Crippen LogP contribution in [0, 0.1) is 5.92 Å². The minimum Gasteiger partial charge on any atom is -0.346 e. The van der Waals surface area contributed by atoms with Crippen LogP contribution < -0.4 is 5.32 Å². The summed E-state index contributed by atoms with van der Waals surface area (Å²) in [6.45, 7) is 2.34. The van der Waals surface area contributed by atoms with Gasteiger partial charge in [0.1, 0.15) is 5.82 Å². The molecule has 0 radical (unpaired) electrons. The van der Waals surface area contributed by atoms with Crippen molar-refractivity contribution < 1.29 is 0 Å². The van der Waals surface area contributed by atoms with Crippen LogP contribution in [-0.4, -0.2) is 23.1 Å². The topological polar surface area (TPSA) is 40.7 Å². The molecule has 2 N–H and O–H groups in total. The van der Waals surface area contributed by atoms with E-state index >= 15 is 0 Å². The standard InChI is InChI=1S/C10H15N3/c1-2-8-9(3-1)13-10(12-8)4-7-5-11-6-7/h7,11H,1-6H2,(H,12,13). The van der Waals surface area contributed by atoms with Gasteiger partial charge >= 0.3 is 0 Å². The Morgan fingerprint density at radius 2 is 2.23 bits per heavy atom. The first-order valence-corrected chi connectivity index (χ1v) is 5.19. The highest BCUT2D eigenvalue weighted by molar-refractivity contribution is 5.20. The number of H-pyrrole nitrogens is 1. The van der Waals surface area contributed by atoms with E-state index in [9.17, 15) is 0 Å². The van der Waals surface area contributed by atoms with Crippen molar-refractivity contribution in [1.29, 1.82) is 0 Å². The van der Waals surface area contributed by atoms with Gasteiger partial charge in [-0.3, -0.25) is 0 Å². The van der Waals surface area contributed by atoms with Gasteiger partial charge in [-0.1, -0.05) is 0 Å². The fourth-order valence-electron chi connectivity index (χ4n) is 2.21. The summed E-state index contributed by atoms with van der Waals surface area (Å²) >= 11 is 0. The van der Waals surface area contributed by atoms with Gasteiger partial charge in [0, 0.05) is 12.1 Å². The van der Waals surface area contributed by atoms with Crippen LogP contribution in [0.15, 0.2) is 0 Å². The van der Waals surface area contributed by atoms with Crippen molar-refractivity contribution in [3.63, 3.8) is 0 Å². The number of aryl methyl sites for hydroxylation is 2. The number of nitrogens with zero attached hydrogens (tertiary/aromatic N) is 1. The van der Waals surface area contributed by atoms with E-state index in [1.165, 1.54) is 49.6 Å². The maximum absolute atomic E-state index is 4.63. The molecule has 2 heterocycles. The van der Waals surface area contributed by atoms with Crippen LogP contribution in [0.2, 0.25) is 0 Å². The van der Waals surface area contributed by atoms with E-state index in [1.54, 1.807) is 0 Å². The summed E-state index contributed by atoms with van der Waals surface area (Å²) in [6.07, 6.45) is 4.83.